The summed E-state index contributed by atoms with van der Waals surface area (Å²) in [7, 11) is 2.01. The third kappa shape index (κ3) is 4.35. The molecule has 0 aliphatic carbocycles. The highest BCUT2D eigenvalue weighted by molar-refractivity contribution is 7.99. The molecule has 0 bridgehead atoms. The van der Waals surface area contributed by atoms with Crippen LogP contribution in [0, 0.1) is 20.8 Å². The molecule has 0 aliphatic rings. The van der Waals surface area contributed by atoms with E-state index in [0.717, 1.165) is 18.0 Å². The Kier molecular flexibility index (Phi) is 5.48. The van der Waals surface area contributed by atoms with Crippen molar-refractivity contribution in [3.63, 3.8) is 0 Å². The van der Waals surface area contributed by atoms with E-state index in [0.29, 0.717) is 6.04 Å². The first kappa shape index (κ1) is 16.1. The summed E-state index contributed by atoms with van der Waals surface area (Å²) in [5.74, 6) is 1.01. The monoisotopic (exact) mass is 303 g/mol. The van der Waals surface area contributed by atoms with E-state index in [4.69, 9.17) is 0 Å². The number of rotatable bonds is 6. The van der Waals surface area contributed by atoms with Crippen molar-refractivity contribution in [2.24, 2.45) is 7.05 Å². The van der Waals surface area contributed by atoms with Gasteiger partial charge in [-0.05, 0) is 38.9 Å². The molecule has 3 nitrogen and oxygen atoms in total. The fourth-order valence-electron chi connectivity index (χ4n) is 2.62. The lowest BCUT2D eigenvalue weighted by atomic mass is 10.0. The van der Waals surface area contributed by atoms with Gasteiger partial charge in [0.25, 0.3) is 0 Å². The largest absolute Gasteiger partial charge is 0.309 e. The molecule has 1 aromatic carbocycles. The van der Waals surface area contributed by atoms with Crippen molar-refractivity contribution in [3.05, 3.63) is 46.6 Å². The second kappa shape index (κ2) is 7.14. The van der Waals surface area contributed by atoms with Crippen LogP contribution in [0.1, 0.15) is 35.3 Å². The standard InChI is InChI=1S/C17H25N3S/c1-6-18-16(15-8-12(2)7-13(3)9-15)11-21-17-10-14(4)19-20(17)5/h7-10,16,18H,6,11H2,1-5H3. The van der Waals surface area contributed by atoms with Crippen LogP contribution in [0.5, 0.6) is 0 Å². The Labute approximate surface area is 132 Å². The number of thioether (sulfide) groups is 1. The first-order valence-corrected chi connectivity index (χ1v) is 8.43. The summed E-state index contributed by atoms with van der Waals surface area (Å²) < 4.78 is 1.96. The number of aromatic nitrogens is 2. The molecule has 0 saturated heterocycles. The molecule has 1 atom stereocenters. The van der Waals surface area contributed by atoms with Gasteiger partial charge in [0.15, 0.2) is 0 Å². The van der Waals surface area contributed by atoms with Crippen LogP contribution in [-0.4, -0.2) is 22.1 Å². The third-order valence-corrected chi connectivity index (χ3v) is 4.63. The Hall–Kier alpha value is -1.26. The van der Waals surface area contributed by atoms with E-state index in [2.05, 4.69) is 55.5 Å². The van der Waals surface area contributed by atoms with Crippen molar-refractivity contribution in [2.75, 3.05) is 12.3 Å². The highest BCUT2D eigenvalue weighted by Gasteiger charge is 2.13. The maximum Gasteiger partial charge on any atom is 0.0939 e. The van der Waals surface area contributed by atoms with Crippen molar-refractivity contribution in [1.82, 2.24) is 15.1 Å². The topological polar surface area (TPSA) is 29.9 Å². The molecule has 2 rings (SSSR count). The fraction of sp³-hybridized carbons (Fsp3) is 0.471. The van der Waals surface area contributed by atoms with Gasteiger partial charge in [0.1, 0.15) is 0 Å². The van der Waals surface area contributed by atoms with E-state index in [1.807, 2.05) is 30.4 Å². The van der Waals surface area contributed by atoms with Crippen LogP contribution in [0.15, 0.2) is 29.3 Å². The van der Waals surface area contributed by atoms with Gasteiger partial charge in [0.05, 0.1) is 10.7 Å². The lowest BCUT2D eigenvalue weighted by molar-refractivity contribution is 0.603. The predicted molar refractivity (Wildman–Crippen MR) is 91.0 cm³/mol. The zero-order chi connectivity index (χ0) is 15.4. The van der Waals surface area contributed by atoms with Gasteiger partial charge in [-0.1, -0.05) is 36.2 Å². The fourth-order valence-corrected chi connectivity index (χ4v) is 3.75. The van der Waals surface area contributed by atoms with Crippen LogP contribution in [-0.2, 0) is 7.05 Å². The zero-order valence-electron chi connectivity index (χ0n) is 13.6. The Balaban J connectivity index is 2.13. The minimum atomic E-state index is 0.369. The van der Waals surface area contributed by atoms with Crippen molar-refractivity contribution >= 4 is 11.8 Å². The predicted octanol–water partition coefficient (Wildman–Crippen LogP) is 3.79. The second-order valence-electron chi connectivity index (χ2n) is 5.59. The molecule has 1 aromatic heterocycles. The lowest BCUT2D eigenvalue weighted by Crippen LogP contribution is -2.23. The van der Waals surface area contributed by atoms with Crippen molar-refractivity contribution < 1.29 is 0 Å². The quantitative estimate of drug-likeness (QED) is 0.824. The van der Waals surface area contributed by atoms with E-state index in [1.165, 1.54) is 21.7 Å². The first-order valence-electron chi connectivity index (χ1n) is 7.44. The Morgan fingerprint density at radius 2 is 1.81 bits per heavy atom. The molecule has 1 heterocycles. The molecule has 1 unspecified atom stereocenters. The average molecular weight is 303 g/mol. The highest BCUT2D eigenvalue weighted by atomic mass is 32.2. The van der Waals surface area contributed by atoms with E-state index < -0.39 is 0 Å². The van der Waals surface area contributed by atoms with Gasteiger partial charge in [0, 0.05) is 18.8 Å². The van der Waals surface area contributed by atoms with Gasteiger partial charge < -0.3 is 5.32 Å². The number of hydrogen-bond acceptors (Lipinski definition) is 3. The highest BCUT2D eigenvalue weighted by Crippen LogP contribution is 2.26. The Bertz CT molecular complexity index is 584. The first-order chi connectivity index (χ1) is 9.99. The van der Waals surface area contributed by atoms with Crippen LogP contribution >= 0.6 is 11.8 Å². The maximum absolute atomic E-state index is 4.41. The van der Waals surface area contributed by atoms with Crippen molar-refractivity contribution in [3.8, 4) is 0 Å². The van der Waals surface area contributed by atoms with Crippen LogP contribution < -0.4 is 5.32 Å². The van der Waals surface area contributed by atoms with E-state index in [-0.39, 0.29) is 0 Å². The molecule has 0 spiro atoms. The molecule has 0 aliphatic heterocycles. The minimum Gasteiger partial charge on any atom is -0.309 e. The molecule has 0 saturated carbocycles. The number of aryl methyl sites for hydroxylation is 4. The normalized spacial score (nSPS) is 12.6. The van der Waals surface area contributed by atoms with E-state index in [1.54, 1.807) is 0 Å². The molecule has 0 amide bonds. The molecule has 2 aromatic rings. The van der Waals surface area contributed by atoms with Crippen LogP contribution in [0.3, 0.4) is 0 Å². The van der Waals surface area contributed by atoms with Gasteiger partial charge in [-0.2, -0.15) is 5.10 Å². The van der Waals surface area contributed by atoms with Gasteiger partial charge in [-0.25, -0.2) is 0 Å². The second-order valence-corrected chi connectivity index (χ2v) is 6.63. The molecule has 21 heavy (non-hydrogen) atoms. The summed E-state index contributed by atoms with van der Waals surface area (Å²) in [4.78, 5) is 0. The number of nitrogens with one attached hydrogen (secondary N) is 1. The average Bonchev–Trinajstić information content (AvgIpc) is 2.71. The van der Waals surface area contributed by atoms with Gasteiger partial charge >= 0.3 is 0 Å². The smallest absolute Gasteiger partial charge is 0.0939 e. The maximum atomic E-state index is 4.41. The zero-order valence-corrected chi connectivity index (χ0v) is 14.4. The molecule has 1 N–H and O–H groups in total. The molecule has 0 fully saturated rings. The van der Waals surface area contributed by atoms with Crippen molar-refractivity contribution in [2.45, 2.75) is 38.8 Å². The van der Waals surface area contributed by atoms with E-state index in [9.17, 15) is 0 Å². The van der Waals surface area contributed by atoms with Crippen LogP contribution in [0.2, 0.25) is 0 Å². The summed E-state index contributed by atoms with van der Waals surface area (Å²) in [6.07, 6.45) is 0. The molecular weight excluding hydrogens is 278 g/mol. The number of nitrogens with zero attached hydrogens (tertiary/aromatic N) is 2. The van der Waals surface area contributed by atoms with E-state index >= 15 is 0 Å². The molecular formula is C17H25N3S. The van der Waals surface area contributed by atoms with Crippen LogP contribution in [0.25, 0.3) is 0 Å². The SMILES string of the molecule is CCNC(CSc1cc(C)nn1C)c1cc(C)cc(C)c1. The summed E-state index contributed by atoms with van der Waals surface area (Å²) >= 11 is 1.86. The van der Waals surface area contributed by atoms with Gasteiger partial charge in [-0.3, -0.25) is 4.68 Å². The minimum absolute atomic E-state index is 0.369. The summed E-state index contributed by atoms with van der Waals surface area (Å²) in [5.41, 5.74) is 5.11. The summed E-state index contributed by atoms with van der Waals surface area (Å²) in [6.45, 7) is 9.50. The van der Waals surface area contributed by atoms with Crippen LogP contribution in [0.4, 0.5) is 0 Å². The summed E-state index contributed by atoms with van der Waals surface area (Å²) in [5, 5.41) is 9.23. The number of hydrogen-bond donors (Lipinski definition) is 1. The van der Waals surface area contributed by atoms with Gasteiger partial charge in [0.2, 0.25) is 0 Å². The Morgan fingerprint density at radius 3 is 2.33 bits per heavy atom. The van der Waals surface area contributed by atoms with Crippen molar-refractivity contribution in [1.29, 1.82) is 0 Å². The van der Waals surface area contributed by atoms with Gasteiger partial charge in [-0.15, -0.1) is 11.8 Å². The summed E-state index contributed by atoms with van der Waals surface area (Å²) in [6, 6.07) is 9.32. The lowest BCUT2D eigenvalue weighted by Gasteiger charge is -2.19. The molecule has 114 valence electrons. The molecule has 4 heteroatoms. The number of benzene rings is 1. The Morgan fingerprint density at radius 1 is 1.14 bits per heavy atom. The third-order valence-electron chi connectivity index (χ3n) is 3.45. The molecule has 0 radical (unpaired) electrons.